The second-order valence-corrected chi connectivity index (χ2v) is 8.26. The number of ether oxygens (including phenoxy) is 1. The quantitative estimate of drug-likeness (QED) is 0.604. The van der Waals surface area contributed by atoms with Gasteiger partial charge < -0.3 is 15.8 Å². The van der Waals surface area contributed by atoms with Crippen molar-refractivity contribution in [3.05, 3.63) is 54.6 Å². The van der Waals surface area contributed by atoms with E-state index in [4.69, 9.17) is 10.5 Å². The van der Waals surface area contributed by atoms with Crippen LogP contribution < -0.4 is 15.8 Å². The van der Waals surface area contributed by atoms with E-state index < -0.39 is 10.0 Å². The van der Waals surface area contributed by atoms with E-state index in [9.17, 15) is 8.42 Å². The number of hydrogen-bond acceptors (Lipinski definition) is 4. The summed E-state index contributed by atoms with van der Waals surface area (Å²) in [6.07, 6.45) is 1.37. The van der Waals surface area contributed by atoms with Crippen LogP contribution in [0.15, 0.2) is 64.5 Å². The van der Waals surface area contributed by atoms with Crippen LogP contribution in [-0.2, 0) is 10.0 Å². The third kappa shape index (κ3) is 4.78. The minimum Gasteiger partial charge on any atom is -0.457 e. The molecule has 0 spiro atoms. The van der Waals surface area contributed by atoms with Crippen LogP contribution >= 0.6 is 0 Å². The maximum atomic E-state index is 12.9. The summed E-state index contributed by atoms with van der Waals surface area (Å²) < 4.78 is 32.9. The number of nitrogens with zero attached hydrogens (tertiary/aromatic N) is 2. The number of para-hydroxylation sites is 1. The van der Waals surface area contributed by atoms with Crippen LogP contribution in [0.5, 0.6) is 11.5 Å². The van der Waals surface area contributed by atoms with Gasteiger partial charge in [0.25, 0.3) is 0 Å². The second-order valence-electron chi connectivity index (χ2n) is 6.32. The molecule has 0 unspecified atom stereocenters. The number of hydrogen-bond donors (Lipinski definition) is 2. The molecule has 7 nitrogen and oxygen atoms in total. The second kappa shape index (κ2) is 8.41. The summed E-state index contributed by atoms with van der Waals surface area (Å²) in [5, 5.41) is 3.10. The molecule has 27 heavy (non-hydrogen) atoms. The molecule has 0 atom stereocenters. The molecule has 2 aromatic carbocycles. The number of guanidine groups is 1. The van der Waals surface area contributed by atoms with Crippen LogP contribution in [0.25, 0.3) is 0 Å². The van der Waals surface area contributed by atoms with Gasteiger partial charge in [0.1, 0.15) is 11.5 Å². The predicted octanol–water partition coefficient (Wildman–Crippen LogP) is 2.17. The van der Waals surface area contributed by atoms with E-state index in [-0.39, 0.29) is 10.9 Å². The fourth-order valence-electron chi connectivity index (χ4n) is 2.97. The first-order valence-electron chi connectivity index (χ1n) is 8.81. The van der Waals surface area contributed by atoms with Crippen molar-refractivity contribution in [2.45, 2.75) is 23.8 Å². The predicted molar refractivity (Wildman–Crippen MR) is 105 cm³/mol. The third-order valence-electron chi connectivity index (χ3n) is 4.49. The molecule has 3 N–H and O–H groups in total. The molecule has 0 radical (unpaired) electrons. The number of sulfonamides is 1. The Bertz CT molecular complexity index is 875. The zero-order valence-electron chi connectivity index (χ0n) is 15.2. The number of benzene rings is 2. The Morgan fingerprint density at radius 3 is 2.26 bits per heavy atom. The molecule has 0 aromatic heterocycles. The van der Waals surface area contributed by atoms with Crippen LogP contribution in [0.2, 0.25) is 0 Å². The van der Waals surface area contributed by atoms with Crippen LogP contribution in [0.4, 0.5) is 0 Å². The highest BCUT2D eigenvalue weighted by atomic mass is 32.2. The van der Waals surface area contributed by atoms with Gasteiger partial charge in [-0.3, -0.25) is 4.99 Å². The Morgan fingerprint density at radius 2 is 1.67 bits per heavy atom. The molecule has 1 fully saturated rings. The van der Waals surface area contributed by atoms with E-state index in [1.54, 1.807) is 31.3 Å². The summed E-state index contributed by atoms with van der Waals surface area (Å²) in [5.41, 5.74) is 5.68. The van der Waals surface area contributed by atoms with E-state index in [0.717, 1.165) is 0 Å². The number of rotatable bonds is 5. The van der Waals surface area contributed by atoms with Crippen LogP contribution in [-0.4, -0.2) is 44.9 Å². The zero-order chi connectivity index (χ0) is 19.3. The van der Waals surface area contributed by atoms with Gasteiger partial charge in [0.05, 0.1) is 4.90 Å². The lowest BCUT2D eigenvalue weighted by Gasteiger charge is -2.31. The highest BCUT2D eigenvalue weighted by Gasteiger charge is 2.29. The van der Waals surface area contributed by atoms with Gasteiger partial charge in [0, 0.05) is 26.2 Å². The molecule has 1 aliphatic rings. The number of aliphatic imine (C=N–C) groups is 1. The Morgan fingerprint density at radius 1 is 1.07 bits per heavy atom. The summed E-state index contributed by atoms with van der Waals surface area (Å²) in [7, 11) is -1.90. The van der Waals surface area contributed by atoms with Gasteiger partial charge in [-0.15, -0.1) is 0 Å². The van der Waals surface area contributed by atoms with Crippen LogP contribution in [0, 0.1) is 0 Å². The molecule has 1 heterocycles. The van der Waals surface area contributed by atoms with Gasteiger partial charge in [0.15, 0.2) is 5.96 Å². The normalized spacial score (nSPS) is 16.9. The highest BCUT2D eigenvalue weighted by Crippen LogP contribution is 2.25. The molecule has 3 rings (SSSR count). The molecule has 0 saturated carbocycles. The van der Waals surface area contributed by atoms with Gasteiger partial charge in [-0.1, -0.05) is 18.2 Å². The van der Waals surface area contributed by atoms with E-state index in [0.29, 0.717) is 43.4 Å². The summed E-state index contributed by atoms with van der Waals surface area (Å²) >= 11 is 0. The summed E-state index contributed by atoms with van der Waals surface area (Å²) in [6.45, 7) is 0.887. The molecular formula is C19H24N4O3S. The number of piperidine rings is 1. The van der Waals surface area contributed by atoms with Crippen molar-refractivity contribution in [3.8, 4) is 11.5 Å². The van der Waals surface area contributed by atoms with Crippen molar-refractivity contribution >= 4 is 16.0 Å². The van der Waals surface area contributed by atoms with E-state index in [1.807, 2.05) is 30.3 Å². The molecule has 0 amide bonds. The zero-order valence-corrected chi connectivity index (χ0v) is 16.0. The van der Waals surface area contributed by atoms with Crippen molar-refractivity contribution in [2.75, 3.05) is 20.1 Å². The standard InChI is InChI=1S/C19H24N4O3S/c1-21-19(20)22-15-11-13-23(14-12-15)27(24,25)18-9-7-17(8-10-18)26-16-5-3-2-4-6-16/h2-10,15H,11-14H2,1H3,(H3,20,21,22). The first-order chi connectivity index (χ1) is 13.0. The Hall–Kier alpha value is -2.58. The third-order valence-corrected chi connectivity index (χ3v) is 6.40. The van der Waals surface area contributed by atoms with Crippen molar-refractivity contribution in [2.24, 2.45) is 10.7 Å². The van der Waals surface area contributed by atoms with E-state index >= 15 is 0 Å². The average molecular weight is 388 g/mol. The van der Waals surface area contributed by atoms with Crippen molar-refractivity contribution < 1.29 is 13.2 Å². The summed E-state index contributed by atoms with van der Waals surface area (Å²) in [5.74, 6) is 1.68. The molecule has 1 aliphatic heterocycles. The van der Waals surface area contributed by atoms with Gasteiger partial charge in [-0.05, 0) is 49.2 Å². The first kappa shape index (κ1) is 19.2. The average Bonchev–Trinajstić information content (AvgIpc) is 2.69. The lowest BCUT2D eigenvalue weighted by molar-refractivity contribution is 0.307. The molecule has 144 valence electrons. The van der Waals surface area contributed by atoms with Crippen LogP contribution in [0.1, 0.15) is 12.8 Å². The van der Waals surface area contributed by atoms with Gasteiger partial charge in [-0.2, -0.15) is 4.31 Å². The lowest BCUT2D eigenvalue weighted by Crippen LogP contribution is -2.48. The molecular weight excluding hydrogens is 364 g/mol. The summed E-state index contributed by atoms with van der Waals surface area (Å²) in [6, 6.07) is 16.0. The Balaban J connectivity index is 1.63. The van der Waals surface area contributed by atoms with Crippen molar-refractivity contribution in [3.63, 3.8) is 0 Å². The van der Waals surface area contributed by atoms with Crippen molar-refractivity contribution in [1.82, 2.24) is 9.62 Å². The lowest BCUT2D eigenvalue weighted by atomic mass is 10.1. The highest BCUT2D eigenvalue weighted by molar-refractivity contribution is 7.89. The van der Waals surface area contributed by atoms with E-state index in [2.05, 4.69) is 10.3 Å². The minimum atomic E-state index is -3.52. The maximum absolute atomic E-state index is 12.9. The van der Waals surface area contributed by atoms with Crippen LogP contribution in [0.3, 0.4) is 0 Å². The Labute approximate surface area is 159 Å². The van der Waals surface area contributed by atoms with Gasteiger partial charge in [0.2, 0.25) is 10.0 Å². The SMILES string of the molecule is CN=C(N)NC1CCN(S(=O)(=O)c2ccc(Oc3ccccc3)cc2)CC1. The smallest absolute Gasteiger partial charge is 0.243 e. The molecule has 1 saturated heterocycles. The molecule has 2 aromatic rings. The van der Waals surface area contributed by atoms with Gasteiger partial charge >= 0.3 is 0 Å². The largest absolute Gasteiger partial charge is 0.457 e. The molecule has 8 heteroatoms. The monoisotopic (exact) mass is 388 g/mol. The minimum absolute atomic E-state index is 0.141. The van der Waals surface area contributed by atoms with Gasteiger partial charge in [-0.25, -0.2) is 8.42 Å². The first-order valence-corrected chi connectivity index (χ1v) is 10.2. The fourth-order valence-corrected chi connectivity index (χ4v) is 4.44. The maximum Gasteiger partial charge on any atom is 0.243 e. The fraction of sp³-hybridized carbons (Fsp3) is 0.316. The summed E-state index contributed by atoms with van der Waals surface area (Å²) in [4.78, 5) is 4.14. The molecule has 0 aliphatic carbocycles. The number of nitrogens with two attached hydrogens (primary N) is 1. The van der Waals surface area contributed by atoms with Crippen molar-refractivity contribution in [1.29, 1.82) is 0 Å². The Kier molecular flexibility index (Phi) is 5.98. The molecule has 0 bridgehead atoms. The topological polar surface area (TPSA) is 97.0 Å². The number of nitrogens with one attached hydrogen (secondary N) is 1. The van der Waals surface area contributed by atoms with E-state index in [1.165, 1.54) is 4.31 Å².